The predicted octanol–water partition coefficient (Wildman–Crippen LogP) is 3.12. The van der Waals surface area contributed by atoms with Gasteiger partial charge in [0.15, 0.2) is 0 Å². The van der Waals surface area contributed by atoms with E-state index in [0.29, 0.717) is 11.3 Å². The molecule has 2 aliphatic rings. The Labute approximate surface area is 136 Å². The van der Waals surface area contributed by atoms with Gasteiger partial charge in [-0.2, -0.15) is 13.2 Å². The van der Waals surface area contributed by atoms with E-state index in [-0.39, 0.29) is 17.4 Å². The Kier molecular flexibility index (Phi) is 4.88. The van der Waals surface area contributed by atoms with Crippen LogP contribution in [0.4, 0.5) is 13.2 Å². The van der Waals surface area contributed by atoms with E-state index in [1.54, 1.807) is 13.8 Å². The minimum absolute atomic E-state index is 0.0738. The van der Waals surface area contributed by atoms with Gasteiger partial charge in [-0.15, -0.1) is 11.8 Å². The lowest BCUT2D eigenvalue weighted by atomic mass is 9.65. The molecular formula is C15H20F3NO3S. The summed E-state index contributed by atoms with van der Waals surface area (Å²) in [5.74, 6) is -3.43. The molecule has 130 valence electrons. The number of thioether (sulfide) groups is 1. The number of rotatable bonds is 5. The standard InChI is InChI=1S/C15H20F3NO3S/c1-14(2,11(19)13(21)22)23-10-8-6-4-3-5-7(8)9(10)12(20)15(16,17)18/h7-8,11H,3-6,19H2,1-2H3,(H,21,22). The second-order valence-corrected chi connectivity index (χ2v) is 8.32. The second-order valence-electron chi connectivity index (χ2n) is 6.62. The van der Waals surface area contributed by atoms with Crippen LogP contribution in [-0.2, 0) is 9.59 Å². The zero-order valence-corrected chi connectivity index (χ0v) is 13.8. The number of alkyl halides is 3. The van der Waals surface area contributed by atoms with Gasteiger partial charge in [0.25, 0.3) is 5.78 Å². The van der Waals surface area contributed by atoms with E-state index in [4.69, 9.17) is 10.8 Å². The first-order valence-electron chi connectivity index (χ1n) is 7.49. The maximum absolute atomic E-state index is 12.9. The topological polar surface area (TPSA) is 80.4 Å². The molecule has 0 radical (unpaired) electrons. The second kappa shape index (κ2) is 6.12. The third kappa shape index (κ3) is 3.42. The number of nitrogens with two attached hydrogens (primary N) is 1. The quantitative estimate of drug-likeness (QED) is 0.795. The summed E-state index contributed by atoms with van der Waals surface area (Å²) in [7, 11) is 0. The molecule has 0 bridgehead atoms. The Bertz CT molecular complexity index is 557. The zero-order valence-electron chi connectivity index (χ0n) is 12.9. The van der Waals surface area contributed by atoms with Gasteiger partial charge in [0.05, 0.1) is 0 Å². The fourth-order valence-electron chi connectivity index (χ4n) is 3.28. The molecule has 2 aliphatic carbocycles. The number of hydrogen-bond acceptors (Lipinski definition) is 4. The van der Waals surface area contributed by atoms with E-state index in [1.165, 1.54) is 0 Å². The van der Waals surface area contributed by atoms with Gasteiger partial charge < -0.3 is 10.8 Å². The van der Waals surface area contributed by atoms with Crippen molar-refractivity contribution < 1.29 is 27.9 Å². The average Bonchev–Trinajstić information content (AvgIpc) is 2.43. The summed E-state index contributed by atoms with van der Waals surface area (Å²) in [4.78, 5) is 23.2. The maximum Gasteiger partial charge on any atom is 0.454 e. The van der Waals surface area contributed by atoms with Gasteiger partial charge in [-0.1, -0.05) is 12.8 Å². The molecule has 8 heteroatoms. The maximum atomic E-state index is 12.9. The Morgan fingerprint density at radius 2 is 1.74 bits per heavy atom. The van der Waals surface area contributed by atoms with E-state index >= 15 is 0 Å². The third-order valence-corrected chi connectivity index (χ3v) is 6.15. The number of carboxylic acids is 1. The molecule has 23 heavy (non-hydrogen) atoms. The number of Topliss-reactive ketones (excluding diaryl/α,β-unsaturated/α-hetero) is 1. The highest BCUT2D eigenvalue weighted by atomic mass is 32.2. The first-order valence-corrected chi connectivity index (χ1v) is 8.31. The summed E-state index contributed by atoms with van der Waals surface area (Å²) in [6.07, 6.45) is -1.87. The van der Waals surface area contributed by atoms with Crippen molar-refractivity contribution >= 4 is 23.5 Å². The van der Waals surface area contributed by atoms with Crippen molar-refractivity contribution in [3.05, 3.63) is 10.5 Å². The number of carbonyl (C=O) groups excluding carboxylic acids is 1. The van der Waals surface area contributed by atoms with Crippen LogP contribution in [0.3, 0.4) is 0 Å². The van der Waals surface area contributed by atoms with Gasteiger partial charge in [-0.05, 0) is 43.4 Å². The molecule has 3 N–H and O–H groups in total. The Hall–Kier alpha value is -1.02. The molecule has 0 amide bonds. The number of fused-ring (bicyclic) bond motifs is 1. The Balaban J connectivity index is 2.34. The van der Waals surface area contributed by atoms with Crippen molar-refractivity contribution in [2.75, 3.05) is 0 Å². The van der Waals surface area contributed by atoms with Crippen molar-refractivity contribution in [1.29, 1.82) is 0 Å². The smallest absolute Gasteiger partial charge is 0.454 e. The Morgan fingerprint density at radius 1 is 1.22 bits per heavy atom. The first-order chi connectivity index (χ1) is 10.5. The van der Waals surface area contributed by atoms with Gasteiger partial charge in [0.1, 0.15) is 6.04 Å². The lowest BCUT2D eigenvalue weighted by Crippen LogP contribution is -2.48. The molecule has 1 fully saturated rings. The van der Waals surface area contributed by atoms with E-state index in [9.17, 15) is 22.8 Å². The zero-order chi connectivity index (χ0) is 17.6. The van der Waals surface area contributed by atoms with Crippen LogP contribution in [0.2, 0.25) is 0 Å². The van der Waals surface area contributed by atoms with Gasteiger partial charge >= 0.3 is 12.1 Å². The van der Waals surface area contributed by atoms with Gasteiger partial charge in [-0.3, -0.25) is 9.59 Å². The first kappa shape index (κ1) is 18.3. The molecular weight excluding hydrogens is 331 g/mol. The summed E-state index contributed by atoms with van der Waals surface area (Å²) in [6, 6.07) is -1.23. The van der Waals surface area contributed by atoms with E-state index in [0.717, 1.165) is 31.0 Å². The lowest BCUT2D eigenvalue weighted by Gasteiger charge is -2.46. The van der Waals surface area contributed by atoms with Crippen molar-refractivity contribution in [3.63, 3.8) is 0 Å². The van der Waals surface area contributed by atoms with Crippen molar-refractivity contribution in [2.24, 2.45) is 17.6 Å². The number of halogens is 3. The van der Waals surface area contributed by atoms with Crippen molar-refractivity contribution in [1.82, 2.24) is 0 Å². The highest BCUT2D eigenvalue weighted by Gasteiger charge is 2.53. The molecule has 0 aromatic carbocycles. The third-order valence-electron chi connectivity index (χ3n) is 4.63. The van der Waals surface area contributed by atoms with Crippen LogP contribution in [0, 0.1) is 11.8 Å². The minimum atomic E-state index is -4.90. The molecule has 0 heterocycles. The minimum Gasteiger partial charge on any atom is -0.480 e. The van der Waals surface area contributed by atoms with Gasteiger partial charge in [0, 0.05) is 10.3 Å². The summed E-state index contributed by atoms with van der Waals surface area (Å²) in [6.45, 7) is 3.16. The fourth-order valence-corrected chi connectivity index (χ4v) is 4.87. The summed E-state index contributed by atoms with van der Waals surface area (Å²) in [5, 5.41) is 9.06. The van der Waals surface area contributed by atoms with E-state index in [1.807, 2.05) is 0 Å². The molecule has 3 atom stereocenters. The summed E-state index contributed by atoms with van der Waals surface area (Å²) >= 11 is 1.02. The summed E-state index contributed by atoms with van der Waals surface area (Å²) < 4.78 is 37.6. The molecule has 0 aliphatic heterocycles. The van der Waals surface area contributed by atoms with Crippen LogP contribution >= 0.6 is 11.8 Å². The molecule has 0 saturated heterocycles. The Morgan fingerprint density at radius 3 is 2.22 bits per heavy atom. The number of aliphatic carboxylic acids is 1. The molecule has 4 nitrogen and oxygen atoms in total. The lowest BCUT2D eigenvalue weighted by molar-refractivity contribution is -0.168. The average molecular weight is 351 g/mol. The SMILES string of the molecule is CC(C)(SC1=C(C(=O)C(F)(F)F)C2CCCCC12)C(N)C(=O)O. The van der Waals surface area contributed by atoms with E-state index < -0.39 is 28.7 Å². The number of allylic oxidation sites excluding steroid dienone is 2. The number of carboxylic acid groups (broad SMARTS) is 1. The normalized spacial score (nSPS) is 26.3. The van der Waals surface area contributed by atoms with Crippen LogP contribution in [0.25, 0.3) is 0 Å². The van der Waals surface area contributed by atoms with Crippen molar-refractivity contribution in [3.8, 4) is 0 Å². The molecule has 0 spiro atoms. The molecule has 2 rings (SSSR count). The molecule has 1 saturated carbocycles. The number of hydrogen-bond donors (Lipinski definition) is 2. The number of carbonyl (C=O) groups is 2. The van der Waals surface area contributed by atoms with Gasteiger partial charge in [-0.25, -0.2) is 0 Å². The van der Waals surface area contributed by atoms with Crippen LogP contribution in [-0.4, -0.2) is 33.8 Å². The van der Waals surface area contributed by atoms with Crippen molar-refractivity contribution in [2.45, 2.75) is 56.5 Å². The summed E-state index contributed by atoms with van der Waals surface area (Å²) in [5.41, 5.74) is 5.48. The molecule has 0 aromatic heterocycles. The highest BCUT2D eigenvalue weighted by molar-refractivity contribution is 8.04. The predicted molar refractivity (Wildman–Crippen MR) is 80.8 cm³/mol. The van der Waals surface area contributed by atoms with Crippen LogP contribution in [0.5, 0.6) is 0 Å². The van der Waals surface area contributed by atoms with Gasteiger partial charge in [0.2, 0.25) is 0 Å². The van der Waals surface area contributed by atoms with Crippen LogP contribution in [0.1, 0.15) is 39.5 Å². The largest absolute Gasteiger partial charge is 0.480 e. The van der Waals surface area contributed by atoms with E-state index in [2.05, 4.69) is 0 Å². The fraction of sp³-hybridized carbons (Fsp3) is 0.733. The van der Waals surface area contributed by atoms with Crippen LogP contribution in [0.15, 0.2) is 10.5 Å². The molecule has 0 aromatic rings. The number of ketones is 1. The van der Waals surface area contributed by atoms with Crippen LogP contribution < -0.4 is 5.73 Å². The highest BCUT2D eigenvalue weighted by Crippen LogP contribution is 2.57. The molecule has 3 unspecified atom stereocenters. The monoisotopic (exact) mass is 351 g/mol.